The highest BCUT2D eigenvalue weighted by Gasteiger charge is 2.27. The van der Waals surface area contributed by atoms with Crippen molar-refractivity contribution in [3.63, 3.8) is 0 Å². The molecular weight excluding hydrogens is 300 g/mol. The number of aliphatic hydroxyl groups is 1. The summed E-state index contributed by atoms with van der Waals surface area (Å²) in [6.07, 6.45) is 1.70. The fraction of sp³-hybridized carbons (Fsp3) is 0.727. The first kappa shape index (κ1) is 17.2. The Kier molecular flexibility index (Phi) is 6.18. The van der Waals surface area contributed by atoms with E-state index in [0.717, 1.165) is 28.7 Å². The first-order valence-electron chi connectivity index (χ1n) is 6.33. The number of nitrogen functional groups attached to an aromatic ring is 1. The predicted octanol–water partition coefficient (Wildman–Crippen LogP) is 0.796. The van der Waals surface area contributed by atoms with Crippen molar-refractivity contribution in [2.24, 2.45) is 5.92 Å². The number of nitrogens with one attached hydrogen (secondary N) is 1. The maximum absolute atomic E-state index is 12.2. The molecule has 1 aromatic heterocycles. The molecule has 0 aliphatic rings. The summed E-state index contributed by atoms with van der Waals surface area (Å²) in [6.45, 7) is 2.74. The molecule has 20 heavy (non-hydrogen) atoms. The SMILES string of the molecule is CC(CO)CCCNc1snc(N)c1S(=O)(=O)N(C)C. The average Bonchev–Trinajstić information content (AvgIpc) is 2.75. The zero-order valence-corrected chi connectivity index (χ0v) is 13.6. The molecule has 0 saturated heterocycles. The first-order chi connectivity index (χ1) is 9.30. The van der Waals surface area contributed by atoms with E-state index in [0.29, 0.717) is 11.5 Å². The minimum atomic E-state index is -3.60. The topological polar surface area (TPSA) is 109 Å². The van der Waals surface area contributed by atoms with Crippen LogP contribution in [0, 0.1) is 5.92 Å². The van der Waals surface area contributed by atoms with Crippen LogP contribution in [0.4, 0.5) is 10.8 Å². The lowest BCUT2D eigenvalue weighted by Crippen LogP contribution is -2.23. The summed E-state index contributed by atoms with van der Waals surface area (Å²) in [5, 5.41) is 12.5. The van der Waals surface area contributed by atoms with Gasteiger partial charge < -0.3 is 16.2 Å². The molecule has 116 valence electrons. The maximum Gasteiger partial charge on any atom is 0.249 e. The second-order valence-corrected chi connectivity index (χ2v) is 7.73. The van der Waals surface area contributed by atoms with Crippen LogP contribution in [0.3, 0.4) is 0 Å². The van der Waals surface area contributed by atoms with Crippen molar-refractivity contribution >= 4 is 32.4 Å². The lowest BCUT2D eigenvalue weighted by Gasteiger charge is -2.13. The van der Waals surface area contributed by atoms with E-state index < -0.39 is 10.0 Å². The second-order valence-electron chi connectivity index (χ2n) is 4.87. The van der Waals surface area contributed by atoms with E-state index in [1.165, 1.54) is 14.1 Å². The Morgan fingerprint density at radius 3 is 2.70 bits per heavy atom. The van der Waals surface area contributed by atoms with Gasteiger partial charge in [-0.2, -0.15) is 4.37 Å². The zero-order valence-electron chi connectivity index (χ0n) is 12.0. The number of aromatic nitrogens is 1. The number of anilines is 2. The molecule has 1 heterocycles. The van der Waals surface area contributed by atoms with Crippen molar-refractivity contribution in [2.45, 2.75) is 24.7 Å². The van der Waals surface area contributed by atoms with E-state index in [2.05, 4.69) is 9.69 Å². The molecule has 0 aliphatic carbocycles. The molecule has 0 saturated carbocycles. The molecule has 0 fully saturated rings. The number of hydrogen-bond donors (Lipinski definition) is 3. The fourth-order valence-electron chi connectivity index (χ4n) is 1.58. The first-order valence-corrected chi connectivity index (χ1v) is 8.54. The monoisotopic (exact) mass is 322 g/mol. The van der Waals surface area contributed by atoms with Gasteiger partial charge in [0.05, 0.1) is 0 Å². The third kappa shape index (κ3) is 4.05. The van der Waals surface area contributed by atoms with Crippen LogP contribution in [0.5, 0.6) is 0 Å². The van der Waals surface area contributed by atoms with Crippen molar-refractivity contribution in [3.05, 3.63) is 0 Å². The third-order valence-corrected chi connectivity index (χ3v) is 5.72. The van der Waals surface area contributed by atoms with Crippen molar-refractivity contribution in [1.82, 2.24) is 8.68 Å². The second kappa shape index (κ2) is 7.21. The van der Waals surface area contributed by atoms with Crippen molar-refractivity contribution in [1.29, 1.82) is 0 Å². The molecule has 0 radical (unpaired) electrons. The standard InChI is InChI=1S/C11H22N4O3S2/c1-8(7-16)5-4-6-13-11-9(10(12)14-19-11)20(17,18)15(2)3/h8,13,16H,4-7H2,1-3H3,(H2,12,14). The molecule has 4 N–H and O–H groups in total. The number of nitrogens with zero attached hydrogens (tertiary/aromatic N) is 2. The van der Waals surface area contributed by atoms with Gasteiger partial charge in [0.1, 0.15) is 5.00 Å². The molecule has 0 bridgehead atoms. The van der Waals surface area contributed by atoms with Crippen LogP contribution in [0.25, 0.3) is 0 Å². The van der Waals surface area contributed by atoms with Gasteiger partial charge in [0, 0.05) is 27.2 Å². The lowest BCUT2D eigenvalue weighted by molar-refractivity contribution is 0.229. The minimum Gasteiger partial charge on any atom is -0.396 e. The molecule has 1 rings (SSSR count). The summed E-state index contributed by atoms with van der Waals surface area (Å²) in [5.74, 6) is 0.267. The Hall–Kier alpha value is -0.900. The highest BCUT2D eigenvalue weighted by molar-refractivity contribution is 7.89. The predicted molar refractivity (Wildman–Crippen MR) is 81.4 cm³/mol. The molecular formula is C11H22N4O3S2. The number of aliphatic hydroxyl groups excluding tert-OH is 1. The Balaban J connectivity index is 2.74. The molecule has 9 heteroatoms. The van der Waals surface area contributed by atoms with E-state index in [9.17, 15) is 8.42 Å². The van der Waals surface area contributed by atoms with Crippen molar-refractivity contribution < 1.29 is 13.5 Å². The lowest BCUT2D eigenvalue weighted by atomic mass is 10.1. The molecule has 1 aromatic rings. The number of hydrogen-bond acceptors (Lipinski definition) is 7. The van der Waals surface area contributed by atoms with Gasteiger partial charge in [-0.05, 0) is 30.3 Å². The number of nitrogens with two attached hydrogens (primary N) is 1. The number of rotatable bonds is 8. The van der Waals surface area contributed by atoms with Crippen LogP contribution in [0.2, 0.25) is 0 Å². The Bertz CT molecular complexity index is 528. The van der Waals surface area contributed by atoms with E-state index in [1.54, 1.807) is 0 Å². The summed E-state index contributed by atoms with van der Waals surface area (Å²) in [4.78, 5) is 0.0442. The Morgan fingerprint density at radius 2 is 2.15 bits per heavy atom. The highest BCUT2D eigenvalue weighted by Crippen LogP contribution is 2.32. The molecule has 0 aliphatic heterocycles. The van der Waals surface area contributed by atoms with Crippen molar-refractivity contribution in [3.8, 4) is 0 Å². The van der Waals surface area contributed by atoms with Gasteiger partial charge in [0.25, 0.3) is 0 Å². The molecule has 1 unspecified atom stereocenters. The van der Waals surface area contributed by atoms with E-state index in [4.69, 9.17) is 10.8 Å². The van der Waals surface area contributed by atoms with Crippen LogP contribution in [0.15, 0.2) is 4.90 Å². The minimum absolute atomic E-state index is 0.0231. The summed E-state index contributed by atoms with van der Waals surface area (Å²) in [6, 6.07) is 0. The molecule has 0 aromatic carbocycles. The smallest absolute Gasteiger partial charge is 0.249 e. The summed E-state index contributed by atoms with van der Waals surface area (Å²) in [7, 11) is -0.684. The van der Waals surface area contributed by atoms with Crippen LogP contribution < -0.4 is 11.1 Å². The zero-order chi connectivity index (χ0) is 15.3. The van der Waals surface area contributed by atoms with Gasteiger partial charge in [-0.25, -0.2) is 12.7 Å². The average molecular weight is 322 g/mol. The van der Waals surface area contributed by atoms with E-state index >= 15 is 0 Å². The largest absolute Gasteiger partial charge is 0.396 e. The normalized spacial score (nSPS) is 13.7. The van der Waals surface area contributed by atoms with Crippen LogP contribution in [-0.2, 0) is 10.0 Å². The molecule has 1 atom stereocenters. The summed E-state index contributed by atoms with van der Waals surface area (Å²) in [5.41, 5.74) is 5.66. The van der Waals surface area contributed by atoms with Gasteiger partial charge in [-0.3, -0.25) is 0 Å². The van der Waals surface area contributed by atoms with Gasteiger partial charge >= 0.3 is 0 Å². The van der Waals surface area contributed by atoms with Crippen LogP contribution in [0.1, 0.15) is 19.8 Å². The summed E-state index contributed by atoms with van der Waals surface area (Å²) < 4.78 is 29.3. The van der Waals surface area contributed by atoms with Gasteiger partial charge in [0.2, 0.25) is 10.0 Å². The van der Waals surface area contributed by atoms with E-state index in [-0.39, 0.29) is 23.2 Å². The summed E-state index contributed by atoms with van der Waals surface area (Å²) >= 11 is 1.04. The van der Waals surface area contributed by atoms with Gasteiger partial charge in [-0.1, -0.05) is 6.92 Å². The molecule has 0 amide bonds. The van der Waals surface area contributed by atoms with Crippen molar-refractivity contribution in [2.75, 3.05) is 38.3 Å². The Labute approximate surface area is 124 Å². The maximum atomic E-state index is 12.2. The highest BCUT2D eigenvalue weighted by atomic mass is 32.2. The number of sulfonamides is 1. The van der Waals surface area contributed by atoms with Crippen LogP contribution >= 0.6 is 11.5 Å². The molecule has 7 nitrogen and oxygen atoms in total. The van der Waals surface area contributed by atoms with Crippen LogP contribution in [-0.4, -0.2) is 49.5 Å². The van der Waals surface area contributed by atoms with Gasteiger partial charge in [0.15, 0.2) is 10.7 Å². The van der Waals surface area contributed by atoms with Gasteiger partial charge in [-0.15, -0.1) is 0 Å². The third-order valence-electron chi connectivity index (χ3n) is 2.88. The van der Waals surface area contributed by atoms with E-state index in [1.807, 2.05) is 6.92 Å². The molecule has 0 spiro atoms. The quantitative estimate of drug-likeness (QED) is 0.611. The Morgan fingerprint density at radius 1 is 1.50 bits per heavy atom. The fourth-order valence-corrected chi connectivity index (χ4v) is 3.68.